The van der Waals surface area contributed by atoms with Gasteiger partial charge in [0.1, 0.15) is 11.6 Å². The van der Waals surface area contributed by atoms with Crippen molar-refractivity contribution in [1.29, 1.82) is 0 Å². The van der Waals surface area contributed by atoms with E-state index in [2.05, 4.69) is 46.5 Å². The number of unbranched alkanes of at least 4 members (excludes halogenated alkanes) is 3. The van der Waals surface area contributed by atoms with Gasteiger partial charge in [-0.25, -0.2) is 8.78 Å². The standard InChI is InChI=1S/C5H3F2N.3C4H10.Sn/c6-4-1-5(7)3-8-2-4;3*1-3-4-2;/h1-3H;3*3-4H2,1-2H3;. The maximum Gasteiger partial charge on any atom is 0.144 e. The summed E-state index contributed by atoms with van der Waals surface area (Å²) >= 11 is 0. The molecule has 124 valence electrons. The predicted molar refractivity (Wildman–Crippen MR) is 91.7 cm³/mol. The van der Waals surface area contributed by atoms with Gasteiger partial charge in [-0.2, -0.15) is 0 Å². The van der Waals surface area contributed by atoms with E-state index >= 15 is 0 Å². The summed E-state index contributed by atoms with van der Waals surface area (Å²) in [7, 11) is 0. The van der Waals surface area contributed by atoms with Crippen LogP contribution in [0.2, 0.25) is 0 Å². The van der Waals surface area contributed by atoms with Crippen molar-refractivity contribution < 1.29 is 8.78 Å². The second kappa shape index (κ2) is 28.0. The molecule has 1 aromatic rings. The first-order chi connectivity index (χ1) is 9.53. The number of pyridine rings is 1. The van der Waals surface area contributed by atoms with Crippen LogP contribution >= 0.6 is 0 Å². The molecule has 1 nitrogen and oxygen atoms in total. The molecule has 0 aliphatic carbocycles. The van der Waals surface area contributed by atoms with Gasteiger partial charge < -0.3 is 0 Å². The van der Waals surface area contributed by atoms with Crippen molar-refractivity contribution in [2.75, 3.05) is 0 Å². The SMILES string of the molecule is CCCC.CCCC.CCCC.Fc1cncc(F)c1.[Sn]. The Morgan fingerprint density at radius 3 is 1.00 bits per heavy atom. The summed E-state index contributed by atoms with van der Waals surface area (Å²) in [6.45, 7) is 13.1. The molecule has 0 saturated heterocycles. The second-order valence-electron chi connectivity index (χ2n) is 4.32. The number of rotatable bonds is 3. The molecule has 0 spiro atoms. The van der Waals surface area contributed by atoms with E-state index in [9.17, 15) is 8.78 Å². The number of hydrogen-bond donors (Lipinski definition) is 0. The number of hydrogen-bond acceptors (Lipinski definition) is 1. The second-order valence-corrected chi connectivity index (χ2v) is 4.32. The quantitative estimate of drug-likeness (QED) is 0.528. The minimum atomic E-state index is -0.648. The van der Waals surface area contributed by atoms with E-state index in [4.69, 9.17) is 0 Å². The van der Waals surface area contributed by atoms with E-state index in [1.54, 1.807) is 0 Å². The number of nitrogens with zero attached hydrogens (tertiary/aromatic N) is 1. The van der Waals surface area contributed by atoms with Crippen LogP contribution in [-0.4, -0.2) is 28.9 Å². The van der Waals surface area contributed by atoms with Crippen molar-refractivity contribution >= 4 is 23.9 Å². The molecule has 1 aromatic heterocycles. The van der Waals surface area contributed by atoms with Gasteiger partial charge in [-0.05, 0) is 0 Å². The molecule has 0 fully saturated rings. The molecule has 0 aliphatic heterocycles. The molecule has 0 bridgehead atoms. The first kappa shape index (κ1) is 28.9. The maximum atomic E-state index is 11.9. The monoisotopic (exact) mass is 409 g/mol. The van der Waals surface area contributed by atoms with E-state index in [1.807, 2.05) is 0 Å². The first-order valence-corrected chi connectivity index (χ1v) is 7.79. The van der Waals surface area contributed by atoms with E-state index in [0.717, 1.165) is 18.5 Å². The molecule has 0 amide bonds. The smallest absolute Gasteiger partial charge is 0.144 e. The van der Waals surface area contributed by atoms with Crippen molar-refractivity contribution in [3.05, 3.63) is 30.1 Å². The summed E-state index contributed by atoms with van der Waals surface area (Å²) in [5.41, 5.74) is 0. The molecule has 1 rings (SSSR count). The summed E-state index contributed by atoms with van der Waals surface area (Å²) in [5, 5.41) is 0. The molecule has 0 aliphatic rings. The van der Waals surface area contributed by atoms with Crippen LogP contribution < -0.4 is 0 Å². The minimum absolute atomic E-state index is 0. The third-order valence-corrected chi connectivity index (χ3v) is 2.17. The summed E-state index contributed by atoms with van der Waals surface area (Å²) in [6.07, 6.45) is 9.81. The van der Waals surface area contributed by atoms with Gasteiger partial charge in [-0.15, -0.1) is 0 Å². The molecule has 0 unspecified atom stereocenters. The third-order valence-electron chi connectivity index (χ3n) is 2.17. The Bertz CT molecular complexity index is 238. The van der Waals surface area contributed by atoms with Crippen LogP contribution in [0.15, 0.2) is 18.5 Å². The van der Waals surface area contributed by atoms with Gasteiger partial charge in [0, 0.05) is 30.0 Å². The van der Waals surface area contributed by atoms with Crippen LogP contribution in [0.5, 0.6) is 0 Å². The van der Waals surface area contributed by atoms with E-state index in [0.29, 0.717) is 0 Å². The average molecular weight is 408 g/mol. The van der Waals surface area contributed by atoms with Crippen LogP contribution in [0.3, 0.4) is 0 Å². The van der Waals surface area contributed by atoms with Crippen molar-refractivity contribution in [2.24, 2.45) is 0 Å². The van der Waals surface area contributed by atoms with Gasteiger partial charge in [0.2, 0.25) is 0 Å². The molecule has 4 radical (unpaired) electrons. The maximum absolute atomic E-state index is 11.9. The molecule has 4 heteroatoms. The van der Waals surface area contributed by atoms with Gasteiger partial charge in [0.05, 0.1) is 12.4 Å². The molecule has 21 heavy (non-hydrogen) atoms. The van der Waals surface area contributed by atoms with Gasteiger partial charge in [0.15, 0.2) is 0 Å². The Morgan fingerprint density at radius 1 is 0.667 bits per heavy atom. The minimum Gasteiger partial charge on any atom is -0.259 e. The fourth-order valence-electron chi connectivity index (χ4n) is 0.386. The van der Waals surface area contributed by atoms with E-state index in [-0.39, 0.29) is 23.9 Å². The van der Waals surface area contributed by atoms with Gasteiger partial charge >= 0.3 is 0 Å². The summed E-state index contributed by atoms with van der Waals surface area (Å²) in [5.74, 6) is -1.30. The summed E-state index contributed by atoms with van der Waals surface area (Å²) in [6, 6.07) is 0.771. The zero-order valence-corrected chi connectivity index (χ0v) is 17.5. The normalized spacial score (nSPS) is 7.81. The number of aromatic nitrogens is 1. The van der Waals surface area contributed by atoms with Crippen molar-refractivity contribution in [1.82, 2.24) is 4.98 Å². The Labute approximate surface area is 147 Å². The molecule has 0 atom stereocenters. The zero-order valence-electron chi connectivity index (χ0n) is 14.7. The average Bonchev–Trinajstić information content (AvgIpc) is 2.47. The Hall–Kier alpha value is -0.191. The van der Waals surface area contributed by atoms with Gasteiger partial charge in [0.25, 0.3) is 0 Å². The predicted octanol–water partition coefficient (Wildman–Crippen LogP) is 6.40. The van der Waals surface area contributed by atoms with Gasteiger partial charge in [-0.3, -0.25) is 4.98 Å². The van der Waals surface area contributed by atoms with Crippen LogP contribution in [0.1, 0.15) is 80.1 Å². The van der Waals surface area contributed by atoms with Crippen LogP contribution in [0, 0.1) is 11.6 Å². The van der Waals surface area contributed by atoms with Crippen LogP contribution in [0.25, 0.3) is 0 Å². The van der Waals surface area contributed by atoms with Crippen molar-refractivity contribution in [2.45, 2.75) is 80.1 Å². The fourth-order valence-corrected chi connectivity index (χ4v) is 0.386. The van der Waals surface area contributed by atoms with Crippen molar-refractivity contribution in [3.63, 3.8) is 0 Å². The zero-order chi connectivity index (χ0) is 16.2. The van der Waals surface area contributed by atoms with Gasteiger partial charge in [-0.1, -0.05) is 80.1 Å². The largest absolute Gasteiger partial charge is 0.259 e. The molecule has 1 heterocycles. The van der Waals surface area contributed by atoms with E-state index in [1.165, 1.54) is 38.5 Å². The fraction of sp³-hybridized carbons (Fsp3) is 0.706. The number of halogens is 2. The Balaban J connectivity index is -0.0000000973. The van der Waals surface area contributed by atoms with Crippen LogP contribution in [0.4, 0.5) is 8.78 Å². The molecule has 0 aromatic carbocycles. The molecular formula is C17H33F2NSn. The topological polar surface area (TPSA) is 12.9 Å². The Morgan fingerprint density at radius 2 is 0.905 bits per heavy atom. The molecule has 0 saturated carbocycles. The third kappa shape index (κ3) is 38.3. The first-order valence-electron chi connectivity index (χ1n) is 7.79. The van der Waals surface area contributed by atoms with Crippen molar-refractivity contribution in [3.8, 4) is 0 Å². The summed E-state index contributed by atoms with van der Waals surface area (Å²) in [4.78, 5) is 3.23. The summed E-state index contributed by atoms with van der Waals surface area (Å²) < 4.78 is 23.7. The van der Waals surface area contributed by atoms with E-state index < -0.39 is 11.6 Å². The Kier molecular flexibility index (Phi) is 38.6. The molecular weight excluding hydrogens is 375 g/mol. The molecule has 0 N–H and O–H groups in total. The van der Waals surface area contributed by atoms with Crippen LogP contribution in [-0.2, 0) is 0 Å².